The van der Waals surface area contributed by atoms with Crippen LogP contribution in [-0.4, -0.2) is 0 Å². The van der Waals surface area contributed by atoms with Gasteiger partial charge in [0.1, 0.15) is 0 Å². The fourth-order valence-corrected chi connectivity index (χ4v) is 2.38. The Bertz CT molecular complexity index is 719. The molecule has 2 aromatic carbocycles. The van der Waals surface area contributed by atoms with E-state index in [9.17, 15) is 5.21 Å². The van der Waals surface area contributed by atoms with E-state index in [4.69, 9.17) is 11.6 Å². The van der Waals surface area contributed by atoms with Gasteiger partial charge in [-0.25, -0.2) is 0 Å². The van der Waals surface area contributed by atoms with Crippen molar-refractivity contribution in [3.63, 3.8) is 0 Å². The largest absolute Gasteiger partial charge is 0.618 e. The fraction of sp³-hybridized carbons (Fsp3) is 0. The lowest BCUT2D eigenvalue weighted by molar-refractivity contribution is -0.576. The standard InChI is InChI=1S/C15H10ClNO/c16-14-9-2-1-7-12(14)13-8-3-5-11-6-4-10-17(18)15(11)13/h1-10H. The second-order valence-electron chi connectivity index (χ2n) is 4.06. The van der Waals surface area contributed by atoms with Crippen LogP contribution in [-0.2, 0) is 0 Å². The third-order valence-electron chi connectivity index (χ3n) is 2.95. The summed E-state index contributed by atoms with van der Waals surface area (Å²) in [6, 6.07) is 17.0. The van der Waals surface area contributed by atoms with E-state index in [1.807, 2.05) is 48.5 Å². The summed E-state index contributed by atoms with van der Waals surface area (Å²) in [4.78, 5) is 0. The van der Waals surface area contributed by atoms with Crippen LogP contribution in [0.15, 0.2) is 60.8 Å². The summed E-state index contributed by atoms with van der Waals surface area (Å²) in [6.45, 7) is 0. The first-order valence-electron chi connectivity index (χ1n) is 5.63. The van der Waals surface area contributed by atoms with Gasteiger partial charge in [0.15, 0.2) is 6.20 Å². The molecule has 0 bridgehead atoms. The van der Waals surface area contributed by atoms with E-state index >= 15 is 0 Å². The third kappa shape index (κ3) is 1.71. The average molecular weight is 256 g/mol. The van der Waals surface area contributed by atoms with Crippen LogP contribution in [0.25, 0.3) is 22.0 Å². The van der Waals surface area contributed by atoms with Crippen LogP contribution in [0.3, 0.4) is 0 Å². The first-order chi connectivity index (χ1) is 8.77. The Balaban J connectivity index is 2.40. The topological polar surface area (TPSA) is 26.9 Å². The Morgan fingerprint density at radius 1 is 0.833 bits per heavy atom. The molecule has 0 spiro atoms. The minimum absolute atomic E-state index is 0.646. The van der Waals surface area contributed by atoms with Gasteiger partial charge in [-0.05, 0) is 24.3 Å². The van der Waals surface area contributed by atoms with Crippen molar-refractivity contribution < 1.29 is 4.73 Å². The molecule has 1 aromatic heterocycles. The zero-order valence-corrected chi connectivity index (χ0v) is 10.3. The predicted molar refractivity (Wildman–Crippen MR) is 73.4 cm³/mol. The van der Waals surface area contributed by atoms with E-state index < -0.39 is 0 Å². The normalized spacial score (nSPS) is 10.7. The maximum Gasteiger partial charge on any atom is 0.231 e. The van der Waals surface area contributed by atoms with Gasteiger partial charge in [0.05, 0.1) is 5.56 Å². The maximum atomic E-state index is 12.0. The van der Waals surface area contributed by atoms with E-state index in [1.54, 1.807) is 6.07 Å². The number of hydrogen-bond donors (Lipinski definition) is 0. The summed E-state index contributed by atoms with van der Waals surface area (Å²) in [5, 5.41) is 13.5. The number of halogens is 1. The number of benzene rings is 2. The fourth-order valence-electron chi connectivity index (χ4n) is 2.14. The minimum Gasteiger partial charge on any atom is -0.618 e. The van der Waals surface area contributed by atoms with Gasteiger partial charge in [-0.2, -0.15) is 4.73 Å². The van der Waals surface area contributed by atoms with Gasteiger partial charge < -0.3 is 5.21 Å². The molecule has 0 unspecified atom stereocenters. The molecule has 18 heavy (non-hydrogen) atoms. The molecular formula is C15H10ClNO. The third-order valence-corrected chi connectivity index (χ3v) is 3.28. The lowest BCUT2D eigenvalue weighted by Gasteiger charge is -2.08. The highest BCUT2D eigenvalue weighted by atomic mass is 35.5. The Labute approximate surface area is 110 Å². The van der Waals surface area contributed by atoms with Crippen LogP contribution in [0.5, 0.6) is 0 Å². The van der Waals surface area contributed by atoms with Gasteiger partial charge >= 0.3 is 0 Å². The number of fused-ring (bicyclic) bond motifs is 1. The molecule has 0 aliphatic rings. The lowest BCUT2D eigenvalue weighted by Crippen LogP contribution is -2.26. The van der Waals surface area contributed by atoms with Gasteiger partial charge in [0.2, 0.25) is 5.52 Å². The molecule has 2 nitrogen and oxygen atoms in total. The van der Waals surface area contributed by atoms with Crippen molar-refractivity contribution in [1.29, 1.82) is 0 Å². The van der Waals surface area contributed by atoms with Gasteiger partial charge in [-0.15, -0.1) is 0 Å². The molecule has 0 radical (unpaired) electrons. The number of pyridine rings is 1. The highest BCUT2D eigenvalue weighted by Crippen LogP contribution is 2.31. The molecule has 3 aromatic rings. The molecule has 3 rings (SSSR count). The molecular weight excluding hydrogens is 246 g/mol. The lowest BCUT2D eigenvalue weighted by atomic mass is 10.0. The Hall–Kier alpha value is -2.06. The van der Waals surface area contributed by atoms with Crippen molar-refractivity contribution in [3.8, 4) is 11.1 Å². The molecule has 0 fully saturated rings. The minimum atomic E-state index is 0.646. The van der Waals surface area contributed by atoms with Gasteiger partial charge in [0, 0.05) is 22.0 Å². The van der Waals surface area contributed by atoms with Gasteiger partial charge in [-0.1, -0.05) is 35.9 Å². The molecule has 1 heterocycles. The van der Waals surface area contributed by atoms with E-state index in [0.29, 0.717) is 10.5 Å². The number of aromatic nitrogens is 1. The van der Waals surface area contributed by atoms with Crippen LogP contribution in [0.4, 0.5) is 0 Å². The number of para-hydroxylation sites is 1. The van der Waals surface area contributed by atoms with E-state index in [2.05, 4.69) is 0 Å². The number of nitrogens with zero attached hydrogens (tertiary/aromatic N) is 1. The first-order valence-corrected chi connectivity index (χ1v) is 6.01. The molecule has 0 saturated heterocycles. The molecule has 0 aliphatic carbocycles. The smallest absolute Gasteiger partial charge is 0.231 e. The molecule has 3 heteroatoms. The first kappa shape index (κ1) is 11.1. The second-order valence-corrected chi connectivity index (χ2v) is 4.46. The summed E-state index contributed by atoms with van der Waals surface area (Å²) in [5.74, 6) is 0. The molecule has 88 valence electrons. The summed E-state index contributed by atoms with van der Waals surface area (Å²) in [6.07, 6.45) is 1.50. The van der Waals surface area contributed by atoms with Crippen molar-refractivity contribution in [2.75, 3.05) is 0 Å². The Morgan fingerprint density at radius 2 is 1.56 bits per heavy atom. The quantitative estimate of drug-likeness (QED) is 0.480. The van der Waals surface area contributed by atoms with Crippen molar-refractivity contribution in [1.82, 2.24) is 0 Å². The SMILES string of the molecule is [O-][n+]1cccc2cccc(-c3ccccc3Cl)c21. The van der Waals surface area contributed by atoms with Crippen molar-refractivity contribution in [3.05, 3.63) is 71.0 Å². The summed E-state index contributed by atoms with van der Waals surface area (Å²) in [7, 11) is 0. The van der Waals surface area contributed by atoms with Crippen LogP contribution >= 0.6 is 11.6 Å². The molecule has 0 saturated carbocycles. The van der Waals surface area contributed by atoms with E-state index in [1.165, 1.54) is 6.20 Å². The summed E-state index contributed by atoms with van der Waals surface area (Å²) >= 11 is 6.20. The highest BCUT2D eigenvalue weighted by Gasteiger charge is 2.13. The second kappa shape index (κ2) is 4.31. The van der Waals surface area contributed by atoms with Crippen LogP contribution in [0.1, 0.15) is 0 Å². The zero-order chi connectivity index (χ0) is 12.5. The predicted octanol–water partition coefficient (Wildman–Crippen LogP) is 3.79. The van der Waals surface area contributed by atoms with Gasteiger partial charge in [-0.3, -0.25) is 0 Å². The van der Waals surface area contributed by atoms with Crippen LogP contribution < -0.4 is 4.73 Å². The van der Waals surface area contributed by atoms with Crippen LogP contribution in [0.2, 0.25) is 5.02 Å². The Kier molecular flexibility index (Phi) is 2.65. The molecule has 0 N–H and O–H groups in total. The monoisotopic (exact) mass is 255 g/mol. The maximum absolute atomic E-state index is 12.0. The average Bonchev–Trinajstić information content (AvgIpc) is 2.39. The summed E-state index contributed by atoms with van der Waals surface area (Å²) < 4.78 is 0.883. The van der Waals surface area contributed by atoms with Crippen molar-refractivity contribution in [2.24, 2.45) is 0 Å². The number of rotatable bonds is 1. The molecule has 0 atom stereocenters. The Morgan fingerprint density at radius 3 is 2.39 bits per heavy atom. The zero-order valence-electron chi connectivity index (χ0n) is 9.51. The van der Waals surface area contributed by atoms with Crippen molar-refractivity contribution in [2.45, 2.75) is 0 Å². The van der Waals surface area contributed by atoms with Gasteiger partial charge in [0.25, 0.3) is 0 Å². The number of hydrogen-bond acceptors (Lipinski definition) is 1. The molecule has 0 aliphatic heterocycles. The highest BCUT2D eigenvalue weighted by molar-refractivity contribution is 6.33. The molecule has 0 amide bonds. The van der Waals surface area contributed by atoms with E-state index in [0.717, 1.165) is 21.2 Å². The van der Waals surface area contributed by atoms with E-state index in [-0.39, 0.29) is 0 Å². The van der Waals surface area contributed by atoms with Crippen LogP contribution in [0, 0.1) is 5.21 Å². The summed E-state index contributed by atoms with van der Waals surface area (Å²) in [5.41, 5.74) is 2.38. The van der Waals surface area contributed by atoms with Crippen molar-refractivity contribution >= 4 is 22.5 Å².